The van der Waals surface area contributed by atoms with Crippen LogP contribution in [0.2, 0.25) is 0 Å². The Morgan fingerprint density at radius 1 is 1.26 bits per heavy atom. The van der Waals surface area contributed by atoms with E-state index in [1.165, 1.54) is 12.3 Å². The van der Waals surface area contributed by atoms with Crippen molar-refractivity contribution in [1.82, 2.24) is 4.98 Å². The molecule has 0 saturated heterocycles. The van der Waals surface area contributed by atoms with E-state index in [1.807, 2.05) is 0 Å². The van der Waals surface area contributed by atoms with Gasteiger partial charge in [-0.2, -0.15) is 13.2 Å². The Hall–Kier alpha value is -1.78. The van der Waals surface area contributed by atoms with Gasteiger partial charge in [-0.3, -0.25) is 4.79 Å². The van der Waals surface area contributed by atoms with Crippen LogP contribution in [0.3, 0.4) is 0 Å². The molecule has 0 spiro atoms. The summed E-state index contributed by atoms with van der Waals surface area (Å²) in [7, 11) is 0. The number of rotatable bonds is 2. The molecule has 0 atom stereocenters. The summed E-state index contributed by atoms with van der Waals surface area (Å²) in [6, 6.07) is 3.45. The normalized spacial score (nSPS) is 16.6. The molecular weight excluding hydrogens is 255 g/mol. The fraction of sp³-hybridized carbons (Fsp3) is 0.357. The summed E-state index contributed by atoms with van der Waals surface area (Å²) < 4.78 is 38.1. The molecule has 1 saturated carbocycles. The van der Waals surface area contributed by atoms with Crippen LogP contribution in [0.25, 0.3) is 10.9 Å². The van der Waals surface area contributed by atoms with Gasteiger partial charge in [-0.25, -0.2) is 0 Å². The van der Waals surface area contributed by atoms with E-state index in [0.717, 1.165) is 31.4 Å². The SMILES string of the molecule is O=C(c1c[nH]c2ccc(C(F)(F)F)cc12)C1CCC1. The molecule has 1 fully saturated rings. The second-order valence-electron chi connectivity index (χ2n) is 4.95. The minimum Gasteiger partial charge on any atom is -0.360 e. The summed E-state index contributed by atoms with van der Waals surface area (Å²) in [4.78, 5) is 15.0. The van der Waals surface area contributed by atoms with Crippen molar-refractivity contribution in [3.8, 4) is 0 Å². The molecule has 0 aliphatic heterocycles. The first-order chi connectivity index (χ1) is 8.97. The molecule has 0 radical (unpaired) electrons. The molecule has 1 heterocycles. The third-order valence-electron chi connectivity index (χ3n) is 3.75. The summed E-state index contributed by atoms with van der Waals surface area (Å²) in [5.74, 6) is -0.0645. The predicted molar refractivity (Wildman–Crippen MR) is 65.0 cm³/mol. The maximum Gasteiger partial charge on any atom is 0.416 e. The molecule has 3 rings (SSSR count). The van der Waals surface area contributed by atoms with E-state index in [9.17, 15) is 18.0 Å². The lowest BCUT2D eigenvalue weighted by molar-refractivity contribution is -0.137. The Morgan fingerprint density at radius 2 is 2.00 bits per heavy atom. The van der Waals surface area contributed by atoms with Gasteiger partial charge in [0.05, 0.1) is 5.56 Å². The Bertz CT molecular complexity index is 638. The predicted octanol–water partition coefficient (Wildman–Crippen LogP) is 4.17. The fourth-order valence-corrected chi connectivity index (χ4v) is 2.39. The number of fused-ring (bicyclic) bond motifs is 1. The second-order valence-corrected chi connectivity index (χ2v) is 4.95. The highest BCUT2D eigenvalue weighted by Crippen LogP contribution is 2.35. The van der Waals surface area contributed by atoms with Gasteiger partial charge in [0.25, 0.3) is 0 Å². The summed E-state index contributed by atoms with van der Waals surface area (Å²) >= 11 is 0. The topological polar surface area (TPSA) is 32.9 Å². The minimum absolute atomic E-state index is 0.0199. The Labute approximate surface area is 107 Å². The quantitative estimate of drug-likeness (QED) is 0.814. The highest BCUT2D eigenvalue weighted by Gasteiger charge is 2.32. The van der Waals surface area contributed by atoms with Gasteiger partial charge in [-0.05, 0) is 31.0 Å². The highest BCUT2D eigenvalue weighted by molar-refractivity contribution is 6.09. The van der Waals surface area contributed by atoms with Crippen molar-refractivity contribution >= 4 is 16.7 Å². The molecule has 100 valence electrons. The van der Waals surface area contributed by atoms with Crippen molar-refractivity contribution in [1.29, 1.82) is 0 Å². The standard InChI is InChI=1S/C14H12F3NO/c15-14(16,17)9-4-5-12-10(6-9)11(7-18-12)13(19)8-2-1-3-8/h4-8,18H,1-3H2. The molecule has 2 aromatic rings. The number of nitrogens with one attached hydrogen (secondary N) is 1. The van der Waals surface area contributed by atoms with Crippen LogP contribution in [0.5, 0.6) is 0 Å². The van der Waals surface area contributed by atoms with Crippen molar-refractivity contribution in [3.63, 3.8) is 0 Å². The van der Waals surface area contributed by atoms with Crippen LogP contribution in [0, 0.1) is 5.92 Å². The van der Waals surface area contributed by atoms with Gasteiger partial charge in [0.1, 0.15) is 0 Å². The molecule has 1 aliphatic carbocycles. The number of ketones is 1. The number of carbonyl (C=O) groups is 1. The Kier molecular flexibility index (Phi) is 2.66. The van der Waals surface area contributed by atoms with Crippen LogP contribution < -0.4 is 0 Å². The maximum atomic E-state index is 12.7. The van der Waals surface area contributed by atoms with Gasteiger partial charge >= 0.3 is 6.18 Å². The van der Waals surface area contributed by atoms with Gasteiger partial charge in [-0.15, -0.1) is 0 Å². The van der Waals surface area contributed by atoms with E-state index in [1.54, 1.807) is 0 Å². The molecule has 0 amide bonds. The molecule has 1 aromatic heterocycles. The van der Waals surface area contributed by atoms with Crippen LogP contribution in [0.15, 0.2) is 24.4 Å². The van der Waals surface area contributed by atoms with Crippen LogP contribution in [-0.2, 0) is 6.18 Å². The monoisotopic (exact) mass is 267 g/mol. The molecule has 0 unspecified atom stereocenters. The molecule has 1 N–H and O–H groups in total. The number of aromatic amines is 1. The van der Waals surface area contributed by atoms with E-state index >= 15 is 0 Å². The molecule has 1 aliphatic rings. The highest BCUT2D eigenvalue weighted by atomic mass is 19.4. The van der Waals surface area contributed by atoms with Crippen molar-refractivity contribution in [2.75, 3.05) is 0 Å². The van der Waals surface area contributed by atoms with Crippen molar-refractivity contribution < 1.29 is 18.0 Å². The van der Waals surface area contributed by atoms with Gasteiger partial charge in [0, 0.05) is 28.6 Å². The number of halogens is 3. The molecule has 5 heteroatoms. The van der Waals surface area contributed by atoms with E-state index < -0.39 is 11.7 Å². The summed E-state index contributed by atoms with van der Waals surface area (Å²) in [6.07, 6.45) is -0.171. The largest absolute Gasteiger partial charge is 0.416 e. The summed E-state index contributed by atoms with van der Waals surface area (Å²) in [6.45, 7) is 0. The first-order valence-electron chi connectivity index (χ1n) is 6.19. The summed E-state index contributed by atoms with van der Waals surface area (Å²) in [5.41, 5.74) is 0.226. The fourth-order valence-electron chi connectivity index (χ4n) is 2.39. The zero-order valence-corrected chi connectivity index (χ0v) is 10.1. The average Bonchev–Trinajstić information content (AvgIpc) is 2.67. The first-order valence-corrected chi connectivity index (χ1v) is 6.19. The zero-order valence-electron chi connectivity index (χ0n) is 10.1. The van der Waals surface area contributed by atoms with Gasteiger partial charge in [0.2, 0.25) is 0 Å². The van der Waals surface area contributed by atoms with Crippen molar-refractivity contribution in [2.45, 2.75) is 25.4 Å². The maximum absolute atomic E-state index is 12.7. The molecule has 0 bridgehead atoms. The Balaban J connectivity index is 2.07. The van der Waals surface area contributed by atoms with E-state index in [-0.39, 0.29) is 11.7 Å². The lowest BCUT2D eigenvalue weighted by Crippen LogP contribution is -2.21. The molecular formula is C14H12F3NO. The van der Waals surface area contributed by atoms with Crippen LogP contribution >= 0.6 is 0 Å². The lowest BCUT2D eigenvalue weighted by Gasteiger charge is -2.23. The molecule has 19 heavy (non-hydrogen) atoms. The van der Waals surface area contributed by atoms with Gasteiger partial charge < -0.3 is 4.98 Å². The number of Topliss-reactive ketones (excluding diaryl/α,β-unsaturated/α-hetero) is 1. The van der Waals surface area contributed by atoms with E-state index in [2.05, 4.69) is 4.98 Å². The zero-order chi connectivity index (χ0) is 13.6. The van der Waals surface area contributed by atoms with Gasteiger partial charge in [0.15, 0.2) is 5.78 Å². The summed E-state index contributed by atoms with van der Waals surface area (Å²) in [5, 5.41) is 0.367. The molecule has 2 nitrogen and oxygen atoms in total. The third-order valence-corrected chi connectivity index (χ3v) is 3.75. The molecule has 1 aromatic carbocycles. The number of hydrogen-bond donors (Lipinski definition) is 1. The van der Waals surface area contributed by atoms with Crippen LogP contribution in [0.4, 0.5) is 13.2 Å². The van der Waals surface area contributed by atoms with Crippen molar-refractivity contribution in [3.05, 3.63) is 35.5 Å². The Morgan fingerprint density at radius 3 is 2.58 bits per heavy atom. The first kappa shape index (κ1) is 12.3. The number of carbonyl (C=O) groups excluding carboxylic acids is 1. The smallest absolute Gasteiger partial charge is 0.360 e. The van der Waals surface area contributed by atoms with Crippen LogP contribution in [-0.4, -0.2) is 10.8 Å². The van der Waals surface area contributed by atoms with E-state index in [0.29, 0.717) is 16.5 Å². The number of aromatic nitrogens is 1. The number of H-pyrrole nitrogens is 1. The number of alkyl halides is 3. The minimum atomic E-state index is -4.39. The number of benzene rings is 1. The van der Waals surface area contributed by atoms with Crippen molar-refractivity contribution in [2.24, 2.45) is 5.92 Å². The van der Waals surface area contributed by atoms with E-state index in [4.69, 9.17) is 0 Å². The number of hydrogen-bond acceptors (Lipinski definition) is 1. The second kappa shape index (κ2) is 4.11. The lowest BCUT2D eigenvalue weighted by atomic mass is 9.80. The van der Waals surface area contributed by atoms with Crippen LogP contribution in [0.1, 0.15) is 35.2 Å². The average molecular weight is 267 g/mol. The third kappa shape index (κ3) is 2.03. The van der Waals surface area contributed by atoms with Gasteiger partial charge in [-0.1, -0.05) is 6.42 Å².